The smallest absolute Gasteiger partial charge is 0.0945 e. The highest BCUT2D eigenvalue weighted by Gasteiger charge is 2.37. The number of benzene rings is 1. The predicted molar refractivity (Wildman–Crippen MR) is 98.5 cm³/mol. The zero-order valence-electron chi connectivity index (χ0n) is 13.4. The lowest BCUT2D eigenvalue weighted by atomic mass is 10.0. The van der Waals surface area contributed by atoms with Gasteiger partial charge in [-0.1, -0.05) is 38.1 Å². The number of thioether (sulfide) groups is 2. The Bertz CT molecular complexity index is 580. The fourth-order valence-electron chi connectivity index (χ4n) is 2.92. The first kappa shape index (κ1) is 16.0. The van der Waals surface area contributed by atoms with Crippen LogP contribution >= 0.6 is 23.5 Å². The topological polar surface area (TPSA) is 17.8 Å². The molecule has 1 aliphatic rings. The summed E-state index contributed by atoms with van der Waals surface area (Å²) in [4.78, 5) is 4.17. The Kier molecular flexibility index (Phi) is 5.19. The number of aromatic nitrogens is 2. The molecule has 2 aromatic rings. The Morgan fingerprint density at radius 3 is 2.77 bits per heavy atom. The molecule has 1 aromatic heterocycles. The zero-order chi connectivity index (χ0) is 15.4. The van der Waals surface area contributed by atoms with Gasteiger partial charge in [0.15, 0.2) is 0 Å². The number of hydrogen-bond acceptors (Lipinski definition) is 3. The van der Waals surface area contributed by atoms with E-state index in [0.29, 0.717) is 0 Å². The second kappa shape index (κ2) is 7.14. The molecule has 0 amide bonds. The lowest BCUT2D eigenvalue weighted by molar-refractivity contribution is 0.606. The van der Waals surface area contributed by atoms with Crippen LogP contribution in [0.1, 0.15) is 37.8 Å². The van der Waals surface area contributed by atoms with Crippen LogP contribution < -0.4 is 0 Å². The molecule has 2 unspecified atom stereocenters. The molecule has 1 fully saturated rings. The minimum absolute atomic E-state index is 0.189. The van der Waals surface area contributed by atoms with E-state index in [-0.39, 0.29) is 4.08 Å². The summed E-state index contributed by atoms with van der Waals surface area (Å²) in [5.74, 6) is 1.26. The molecule has 2 atom stereocenters. The van der Waals surface area contributed by atoms with E-state index in [2.05, 4.69) is 77.4 Å². The largest absolute Gasteiger partial charge is 0.337 e. The Morgan fingerprint density at radius 1 is 1.32 bits per heavy atom. The van der Waals surface area contributed by atoms with Crippen molar-refractivity contribution in [1.82, 2.24) is 9.55 Å². The van der Waals surface area contributed by atoms with Crippen LogP contribution in [0.25, 0.3) is 0 Å². The van der Waals surface area contributed by atoms with Crippen molar-refractivity contribution in [3.63, 3.8) is 0 Å². The highest BCUT2D eigenvalue weighted by molar-refractivity contribution is 8.18. The molecule has 0 saturated carbocycles. The first-order valence-corrected chi connectivity index (χ1v) is 9.95. The third-order valence-electron chi connectivity index (χ3n) is 4.31. The first-order valence-electron chi connectivity index (χ1n) is 8.09. The van der Waals surface area contributed by atoms with Crippen LogP contribution in [0.2, 0.25) is 0 Å². The number of aryl methyl sites for hydroxylation is 2. The summed E-state index contributed by atoms with van der Waals surface area (Å²) in [7, 11) is 0. The van der Waals surface area contributed by atoms with Crippen LogP contribution in [0, 0.1) is 0 Å². The minimum Gasteiger partial charge on any atom is -0.337 e. The Labute approximate surface area is 142 Å². The van der Waals surface area contributed by atoms with Gasteiger partial charge >= 0.3 is 0 Å². The van der Waals surface area contributed by atoms with Gasteiger partial charge in [-0.25, -0.2) is 4.98 Å². The summed E-state index contributed by atoms with van der Waals surface area (Å²) >= 11 is 4.28. The average Bonchev–Trinajstić information content (AvgIpc) is 3.07. The highest BCUT2D eigenvalue weighted by atomic mass is 32.2. The standard InChI is InChI=1S/C18H24N2S2/c1-3-16-4-6-17(7-5-16)18(21-13-8-15(2)22-18)9-11-20-12-10-19-14-20/h4-7,10,12,14-15H,3,8-9,11,13H2,1-2H3. The van der Waals surface area contributed by atoms with Gasteiger partial charge in [0.05, 0.1) is 10.4 Å². The molecule has 1 aromatic carbocycles. The Balaban J connectivity index is 1.84. The van der Waals surface area contributed by atoms with Crippen LogP contribution in [-0.4, -0.2) is 20.6 Å². The summed E-state index contributed by atoms with van der Waals surface area (Å²) in [5, 5.41) is 0.731. The van der Waals surface area contributed by atoms with Crippen molar-refractivity contribution in [1.29, 1.82) is 0 Å². The lowest BCUT2D eigenvalue weighted by Gasteiger charge is -2.39. The Hall–Kier alpha value is -0.870. The van der Waals surface area contributed by atoms with E-state index in [4.69, 9.17) is 0 Å². The van der Waals surface area contributed by atoms with E-state index in [0.717, 1.165) is 24.6 Å². The SMILES string of the molecule is CCc1ccc(C2(CCn3ccnc3)SCCC(C)S2)cc1. The van der Waals surface area contributed by atoms with Crippen molar-refractivity contribution in [2.45, 2.75) is 49.0 Å². The van der Waals surface area contributed by atoms with Crippen LogP contribution in [-0.2, 0) is 17.0 Å². The van der Waals surface area contributed by atoms with Gasteiger partial charge in [0, 0.05) is 24.2 Å². The molecule has 0 bridgehead atoms. The van der Waals surface area contributed by atoms with Gasteiger partial charge in [0.1, 0.15) is 0 Å². The fourth-order valence-corrected chi connectivity index (χ4v) is 6.79. The summed E-state index contributed by atoms with van der Waals surface area (Å²) in [6.45, 7) is 5.62. The van der Waals surface area contributed by atoms with Gasteiger partial charge in [-0.3, -0.25) is 0 Å². The molecule has 1 aliphatic heterocycles. The zero-order valence-corrected chi connectivity index (χ0v) is 15.0. The normalized spacial score (nSPS) is 25.3. The number of hydrogen-bond donors (Lipinski definition) is 0. The molecule has 1 saturated heterocycles. The van der Waals surface area contributed by atoms with Gasteiger partial charge < -0.3 is 4.57 Å². The quantitative estimate of drug-likeness (QED) is 0.772. The van der Waals surface area contributed by atoms with Crippen LogP contribution in [0.4, 0.5) is 0 Å². The van der Waals surface area contributed by atoms with Crippen LogP contribution in [0.3, 0.4) is 0 Å². The maximum absolute atomic E-state index is 4.17. The summed E-state index contributed by atoms with van der Waals surface area (Å²) in [6.07, 6.45) is 9.43. The number of rotatable bonds is 5. The molecule has 4 heteroatoms. The fraction of sp³-hybridized carbons (Fsp3) is 0.500. The van der Waals surface area contributed by atoms with Gasteiger partial charge in [0.2, 0.25) is 0 Å². The first-order chi connectivity index (χ1) is 10.7. The maximum atomic E-state index is 4.17. The third-order valence-corrected chi connectivity index (χ3v) is 7.76. The molecule has 22 heavy (non-hydrogen) atoms. The van der Waals surface area contributed by atoms with E-state index < -0.39 is 0 Å². The van der Waals surface area contributed by atoms with Crippen molar-refractivity contribution < 1.29 is 0 Å². The van der Waals surface area contributed by atoms with Crippen molar-refractivity contribution in [3.05, 3.63) is 54.1 Å². The van der Waals surface area contributed by atoms with Gasteiger partial charge in [-0.15, -0.1) is 23.5 Å². The van der Waals surface area contributed by atoms with Gasteiger partial charge in [-0.05, 0) is 36.1 Å². The minimum atomic E-state index is 0.189. The molecule has 118 valence electrons. The van der Waals surface area contributed by atoms with Crippen molar-refractivity contribution in [2.75, 3.05) is 5.75 Å². The molecule has 0 N–H and O–H groups in total. The van der Waals surface area contributed by atoms with Crippen LogP contribution in [0.15, 0.2) is 43.0 Å². The molecular formula is C18H24N2S2. The molecule has 0 radical (unpaired) electrons. The van der Waals surface area contributed by atoms with Crippen LogP contribution in [0.5, 0.6) is 0 Å². The predicted octanol–water partition coefficient (Wildman–Crippen LogP) is 4.95. The van der Waals surface area contributed by atoms with E-state index >= 15 is 0 Å². The highest BCUT2D eigenvalue weighted by Crippen LogP contribution is 2.55. The Morgan fingerprint density at radius 2 is 2.14 bits per heavy atom. The second-order valence-corrected chi connectivity index (χ2v) is 9.31. The molecule has 3 rings (SSSR count). The second-order valence-electron chi connectivity index (χ2n) is 5.92. The van der Waals surface area contributed by atoms with Gasteiger partial charge in [-0.2, -0.15) is 0 Å². The van der Waals surface area contributed by atoms with E-state index in [1.165, 1.54) is 23.3 Å². The van der Waals surface area contributed by atoms with E-state index in [9.17, 15) is 0 Å². The lowest BCUT2D eigenvalue weighted by Crippen LogP contribution is -2.27. The summed E-state index contributed by atoms with van der Waals surface area (Å²) in [5.41, 5.74) is 2.90. The monoisotopic (exact) mass is 332 g/mol. The van der Waals surface area contributed by atoms with Gasteiger partial charge in [0.25, 0.3) is 0 Å². The van der Waals surface area contributed by atoms with Crippen molar-refractivity contribution in [3.8, 4) is 0 Å². The summed E-state index contributed by atoms with van der Waals surface area (Å²) < 4.78 is 2.39. The van der Waals surface area contributed by atoms with E-state index in [1.807, 2.05) is 12.5 Å². The number of nitrogens with zero attached hydrogens (tertiary/aromatic N) is 2. The average molecular weight is 333 g/mol. The van der Waals surface area contributed by atoms with E-state index in [1.54, 1.807) is 0 Å². The molecule has 2 heterocycles. The molecule has 0 aliphatic carbocycles. The molecule has 0 spiro atoms. The third kappa shape index (κ3) is 3.54. The van der Waals surface area contributed by atoms with Crippen molar-refractivity contribution >= 4 is 23.5 Å². The molecular weight excluding hydrogens is 308 g/mol. The number of imidazole rings is 1. The maximum Gasteiger partial charge on any atom is 0.0945 e. The summed E-state index contributed by atoms with van der Waals surface area (Å²) in [6, 6.07) is 9.30. The molecule has 2 nitrogen and oxygen atoms in total. The van der Waals surface area contributed by atoms with Crippen molar-refractivity contribution in [2.24, 2.45) is 0 Å².